The molecule has 4 nitrogen and oxygen atoms in total. The Labute approximate surface area is 91.6 Å². The van der Waals surface area contributed by atoms with Crippen molar-refractivity contribution in [3.05, 3.63) is 0 Å². The minimum Gasteiger partial charge on any atom is -0.341 e. The third-order valence-electron chi connectivity index (χ3n) is 3.55. The summed E-state index contributed by atoms with van der Waals surface area (Å²) in [5.41, 5.74) is 0. The van der Waals surface area contributed by atoms with Gasteiger partial charge in [-0.15, -0.1) is 0 Å². The van der Waals surface area contributed by atoms with Crippen molar-refractivity contribution < 1.29 is 4.79 Å². The highest BCUT2D eigenvalue weighted by Crippen LogP contribution is 2.10. The number of likely N-dealkylation sites (tertiary alicyclic amines) is 1. The van der Waals surface area contributed by atoms with Crippen molar-refractivity contribution in [3.8, 4) is 0 Å². The van der Waals surface area contributed by atoms with Crippen LogP contribution in [0.1, 0.15) is 19.3 Å². The van der Waals surface area contributed by atoms with Gasteiger partial charge >= 0.3 is 0 Å². The fraction of sp³-hybridized carbons (Fsp3) is 0.909. The van der Waals surface area contributed by atoms with Gasteiger partial charge in [0.15, 0.2) is 0 Å². The average Bonchev–Trinajstić information content (AvgIpc) is 2.85. The smallest absolute Gasteiger partial charge is 0.222 e. The summed E-state index contributed by atoms with van der Waals surface area (Å²) in [6.07, 6.45) is 3.05. The maximum atomic E-state index is 11.4. The molecule has 2 aliphatic heterocycles. The van der Waals surface area contributed by atoms with Gasteiger partial charge in [0.05, 0.1) is 0 Å². The SMILES string of the molecule is CN(CCN1CCCC1=O)C1CCNC1. The van der Waals surface area contributed by atoms with Crippen molar-refractivity contribution in [3.63, 3.8) is 0 Å². The fourth-order valence-corrected chi connectivity index (χ4v) is 2.42. The monoisotopic (exact) mass is 211 g/mol. The summed E-state index contributed by atoms with van der Waals surface area (Å²) in [5.74, 6) is 0.341. The van der Waals surface area contributed by atoms with Crippen LogP contribution in [0.3, 0.4) is 0 Å². The molecule has 0 bridgehead atoms. The molecular formula is C11H21N3O. The minimum atomic E-state index is 0.341. The Morgan fingerprint density at radius 1 is 1.60 bits per heavy atom. The number of carbonyl (C=O) groups is 1. The van der Waals surface area contributed by atoms with Crippen LogP contribution in [-0.2, 0) is 4.79 Å². The first-order chi connectivity index (χ1) is 7.27. The van der Waals surface area contributed by atoms with Crippen LogP contribution in [0.2, 0.25) is 0 Å². The molecule has 1 atom stereocenters. The first-order valence-corrected chi connectivity index (χ1v) is 5.96. The van der Waals surface area contributed by atoms with Crippen LogP contribution in [0, 0.1) is 0 Å². The van der Waals surface area contributed by atoms with Crippen LogP contribution < -0.4 is 5.32 Å². The summed E-state index contributed by atoms with van der Waals surface area (Å²) in [4.78, 5) is 15.8. The van der Waals surface area contributed by atoms with Gasteiger partial charge in [-0.1, -0.05) is 0 Å². The molecule has 0 spiro atoms. The highest BCUT2D eigenvalue weighted by atomic mass is 16.2. The molecular weight excluding hydrogens is 190 g/mol. The molecule has 2 saturated heterocycles. The molecule has 2 rings (SSSR count). The Balaban J connectivity index is 1.70. The average molecular weight is 211 g/mol. The van der Waals surface area contributed by atoms with E-state index in [1.165, 1.54) is 6.42 Å². The number of nitrogens with one attached hydrogen (secondary N) is 1. The third-order valence-corrected chi connectivity index (χ3v) is 3.55. The fourth-order valence-electron chi connectivity index (χ4n) is 2.42. The van der Waals surface area contributed by atoms with E-state index in [1.807, 2.05) is 4.90 Å². The van der Waals surface area contributed by atoms with Gasteiger partial charge in [0.1, 0.15) is 0 Å². The maximum Gasteiger partial charge on any atom is 0.222 e. The van der Waals surface area contributed by atoms with E-state index in [0.717, 1.165) is 45.6 Å². The predicted octanol–water partition coefficient (Wildman–Crippen LogP) is -0.0975. The number of rotatable bonds is 4. The highest BCUT2D eigenvalue weighted by molar-refractivity contribution is 5.78. The van der Waals surface area contributed by atoms with Gasteiger partial charge in [-0.2, -0.15) is 0 Å². The molecule has 1 N–H and O–H groups in total. The zero-order chi connectivity index (χ0) is 10.7. The second kappa shape index (κ2) is 4.94. The molecule has 0 aromatic heterocycles. The standard InChI is InChI=1S/C11H21N3O/c1-13(10-4-5-12-9-10)7-8-14-6-2-3-11(14)15/h10,12H,2-9H2,1H3. The first kappa shape index (κ1) is 10.9. The molecule has 86 valence electrons. The van der Waals surface area contributed by atoms with Crippen molar-refractivity contribution in [2.75, 3.05) is 39.8 Å². The van der Waals surface area contributed by atoms with Crippen LogP contribution in [0.15, 0.2) is 0 Å². The van der Waals surface area contributed by atoms with E-state index in [1.54, 1.807) is 0 Å². The number of nitrogens with zero attached hydrogens (tertiary/aromatic N) is 2. The number of likely N-dealkylation sites (N-methyl/N-ethyl adjacent to an activating group) is 1. The van der Waals surface area contributed by atoms with Crippen molar-refractivity contribution in [1.29, 1.82) is 0 Å². The summed E-state index contributed by atoms with van der Waals surface area (Å²) < 4.78 is 0. The van der Waals surface area contributed by atoms with E-state index >= 15 is 0 Å². The molecule has 4 heteroatoms. The van der Waals surface area contributed by atoms with E-state index in [-0.39, 0.29) is 0 Å². The van der Waals surface area contributed by atoms with Gasteiger partial charge in [0, 0.05) is 38.6 Å². The maximum absolute atomic E-state index is 11.4. The third kappa shape index (κ3) is 2.69. The van der Waals surface area contributed by atoms with Gasteiger partial charge in [0.25, 0.3) is 0 Å². The van der Waals surface area contributed by atoms with Crippen molar-refractivity contribution >= 4 is 5.91 Å². The molecule has 2 fully saturated rings. The van der Waals surface area contributed by atoms with Crippen LogP contribution in [0.25, 0.3) is 0 Å². The molecule has 0 radical (unpaired) electrons. The summed E-state index contributed by atoms with van der Waals surface area (Å²) >= 11 is 0. The van der Waals surface area contributed by atoms with Gasteiger partial charge in [-0.05, 0) is 26.4 Å². The second-order valence-corrected chi connectivity index (χ2v) is 4.61. The Morgan fingerprint density at radius 2 is 2.47 bits per heavy atom. The zero-order valence-electron chi connectivity index (χ0n) is 9.54. The summed E-state index contributed by atoms with van der Waals surface area (Å²) in [5, 5.41) is 3.37. The highest BCUT2D eigenvalue weighted by Gasteiger charge is 2.22. The topological polar surface area (TPSA) is 35.6 Å². The lowest BCUT2D eigenvalue weighted by molar-refractivity contribution is -0.127. The van der Waals surface area contributed by atoms with Crippen molar-refractivity contribution in [2.45, 2.75) is 25.3 Å². The van der Waals surface area contributed by atoms with E-state index in [2.05, 4.69) is 17.3 Å². The molecule has 0 aromatic carbocycles. The van der Waals surface area contributed by atoms with Gasteiger partial charge in [-0.25, -0.2) is 0 Å². The normalized spacial score (nSPS) is 26.9. The van der Waals surface area contributed by atoms with Gasteiger partial charge in [-0.3, -0.25) is 4.79 Å². The number of hydrogen-bond acceptors (Lipinski definition) is 3. The minimum absolute atomic E-state index is 0.341. The Morgan fingerprint density at radius 3 is 3.07 bits per heavy atom. The number of hydrogen-bond donors (Lipinski definition) is 1. The van der Waals surface area contributed by atoms with Crippen LogP contribution >= 0.6 is 0 Å². The molecule has 0 aromatic rings. The molecule has 2 heterocycles. The summed E-state index contributed by atoms with van der Waals surface area (Å²) in [6, 6.07) is 0.669. The molecule has 1 amide bonds. The van der Waals surface area contributed by atoms with Crippen LogP contribution in [0.5, 0.6) is 0 Å². The van der Waals surface area contributed by atoms with E-state index in [9.17, 15) is 4.79 Å². The molecule has 2 aliphatic rings. The molecule has 0 aliphatic carbocycles. The first-order valence-electron chi connectivity index (χ1n) is 5.96. The lowest BCUT2D eigenvalue weighted by Gasteiger charge is -2.26. The molecule has 15 heavy (non-hydrogen) atoms. The lowest BCUT2D eigenvalue weighted by atomic mass is 10.2. The summed E-state index contributed by atoms with van der Waals surface area (Å²) in [6.45, 7) is 5.13. The predicted molar refractivity (Wildman–Crippen MR) is 59.7 cm³/mol. The van der Waals surface area contributed by atoms with Crippen LogP contribution in [0.4, 0.5) is 0 Å². The molecule has 0 saturated carbocycles. The van der Waals surface area contributed by atoms with Gasteiger partial charge in [0.2, 0.25) is 5.91 Å². The van der Waals surface area contributed by atoms with E-state index in [4.69, 9.17) is 0 Å². The van der Waals surface area contributed by atoms with Crippen molar-refractivity contribution in [1.82, 2.24) is 15.1 Å². The number of amides is 1. The zero-order valence-corrected chi connectivity index (χ0v) is 9.54. The largest absolute Gasteiger partial charge is 0.341 e. The molecule has 1 unspecified atom stereocenters. The number of carbonyl (C=O) groups excluding carboxylic acids is 1. The van der Waals surface area contributed by atoms with Gasteiger partial charge < -0.3 is 15.1 Å². The Kier molecular flexibility index (Phi) is 3.59. The lowest BCUT2D eigenvalue weighted by Crippen LogP contribution is -2.40. The van der Waals surface area contributed by atoms with Crippen LogP contribution in [-0.4, -0.2) is 61.5 Å². The summed E-state index contributed by atoms with van der Waals surface area (Å²) in [7, 11) is 2.16. The Bertz CT molecular complexity index is 226. The Hall–Kier alpha value is -0.610. The van der Waals surface area contributed by atoms with E-state index in [0.29, 0.717) is 11.9 Å². The van der Waals surface area contributed by atoms with E-state index < -0.39 is 0 Å². The quantitative estimate of drug-likeness (QED) is 0.705. The second-order valence-electron chi connectivity index (χ2n) is 4.61. The van der Waals surface area contributed by atoms with Crippen molar-refractivity contribution in [2.24, 2.45) is 0 Å².